The quantitative estimate of drug-likeness (QED) is 0.895. The normalized spacial score (nSPS) is 19.0. The van der Waals surface area contributed by atoms with Crippen LogP contribution in [0.15, 0.2) is 47.7 Å². The van der Waals surface area contributed by atoms with E-state index in [0.29, 0.717) is 43.3 Å². The lowest BCUT2D eigenvalue weighted by Crippen LogP contribution is -2.40. The molecule has 2 aliphatic heterocycles. The molecule has 132 valence electrons. The molecule has 0 aliphatic carbocycles. The molecule has 1 fully saturated rings. The van der Waals surface area contributed by atoms with Crippen molar-refractivity contribution in [3.8, 4) is 17.4 Å². The molecule has 0 unspecified atom stereocenters. The van der Waals surface area contributed by atoms with Crippen molar-refractivity contribution in [1.29, 1.82) is 0 Å². The molecular weight excluding hydrogens is 332 g/mol. The van der Waals surface area contributed by atoms with Gasteiger partial charge < -0.3 is 14.8 Å². The van der Waals surface area contributed by atoms with Crippen LogP contribution >= 0.6 is 0 Å². The average Bonchev–Trinajstić information content (AvgIpc) is 3.21. The molecule has 7 nitrogen and oxygen atoms in total. The van der Waals surface area contributed by atoms with Gasteiger partial charge in [0.1, 0.15) is 17.6 Å². The number of nitrogens with zero attached hydrogens (tertiary/aromatic N) is 3. The first-order valence-corrected chi connectivity index (χ1v) is 8.49. The fourth-order valence-corrected chi connectivity index (χ4v) is 2.76. The molecule has 0 aromatic carbocycles. The van der Waals surface area contributed by atoms with Crippen LogP contribution in [0.1, 0.15) is 18.5 Å². The number of ether oxygens (including phenoxy) is 2. The summed E-state index contributed by atoms with van der Waals surface area (Å²) in [6.45, 7) is 1.18. The van der Waals surface area contributed by atoms with Crippen LogP contribution in [-0.4, -0.2) is 41.3 Å². The van der Waals surface area contributed by atoms with Crippen molar-refractivity contribution in [3.63, 3.8) is 0 Å². The van der Waals surface area contributed by atoms with Crippen LogP contribution in [0.4, 0.5) is 0 Å². The number of pyridine rings is 2. The second-order valence-corrected chi connectivity index (χ2v) is 6.08. The van der Waals surface area contributed by atoms with Gasteiger partial charge in [-0.2, -0.15) is 0 Å². The number of amides is 1. The largest absolute Gasteiger partial charge is 0.472 e. The van der Waals surface area contributed by atoms with Gasteiger partial charge in [0.25, 0.3) is 0 Å². The molecule has 2 aromatic rings. The number of aromatic nitrogens is 2. The summed E-state index contributed by atoms with van der Waals surface area (Å²) in [6.07, 6.45) is 8.18. The van der Waals surface area contributed by atoms with Gasteiger partial charge in [-0.3, -0.25) is 14.8 Å². The van der Waals surface area contributed by atoms with Crippen molar-refractivity contribution < 1.29 is 14.3 Å². The van der Waals surface area contributed by atoms with E-state index in [1.165, 1.54) is 0 Å². The first-order chi connectivity index (χ1) is 12.8. The number of nitrogens with one attached hydrogen (secondary N) is 1. The summed E-state index contributed by atoms with van der Waals surface area (Å²) in [5, 5.41) is 2.79. The standard InChI is InChI=1S/C19H18N4O3/c24-18-5-2-16(11-22-18)26-19-6-3-15(12-23-19)25-14-1-4-17(21-10-14)13-7-8-20-9-13/h1,3-4,6-8,10,12,16H,2,5,9,11H2,(H,22,24)/t16-/m1/s1. The Morgan fingerprint density at radius 2 is 1.92 bits per heavy atom. The molecule has 0 saturated carbocycles. The summed E-state index contributed by atoms with van der Waals surface area (Å²) in [6, 6.07) is 7.34. The van der Waals surface area contributed by atoms with Crippen LogP contribution in [-0.2, 0) is 4.79 Å². The highest BCUT2D eigenvalue weighted by atomic mass is 16.5. The molecule has 26 heavy (non-hydrogen) atoms. The maximum Gasteiger partial charge on any atom is 0.220 e. The molecular formula is C19H18N4O3. The molecule has 1 N–H and O–H groups in total. The zero-order chi connectivity index (χ0) is 17.8. The SMILES string of the molecule is O=C1CC[C@@H](Oc2ccc(Oc3ccc(C4=CC=NC4)nc3)cn2)CN1. The van der Waals surface area contributed by atoms with Crippen LogP contribution < -0.4 is 14.8 Å². The number of aliphatic imine (C=N–C) groups is 1. The van der Waals surface area contributed by atoms with Crippen molar-refractivity contribution in [2.24, 2.45) is 4.99 Å². The Labute approximate surface area is 150 Å². The lowest BCUT2D eigenvalue weighted by Gasteiger charge is -2.22. The molecule has 2 aliphatic rings. The van der Waals surface area contributed by atoms with Gasteiger partial charge in [0, 0.05) is 24.3 Å². The smallest absolute Gasteiger partial charge is 0.220 e. The van der Waals surface area contributed by atoms with Crippen molar-refractivity contribution in [2.45, 2.75) is 18.9 Å². The Hall–Kier alpha value is -3.22. The molecule has 4 rings (SSSR count). The van der Waals surface area contributed by atoms with Gasteiger partial charge >= 0.3 is 0 Å². The van der Waals surface area contributed by atoms with E-state index in [-0.39, 0.29) is 12.0 Å². The third-order valence-corrected chi connectivity index (χ3v) is 4.16. The Kier molecular flexibility index (Phi) is 4.59. The van der Waals surface area contributed by atoms with Crippen LogP contribution in [0.2, 0.25) is 0 Å². The summed E-state index contributed by atoms with van der Waals surface area (Å²) in [5.74, 6) is 1.82. The highest BCUT2D eigenvalue weighted by Crippen LogP contribution is 2.24. The lowest BCUT2D eigenvalue weighted by molar-refractivity contribution is -0.123. The van der Waals surface area contributed by atoms with Crippen LogP contribution in [0.5, 0.6) is 17.4 Å². The van der Waals surface area contributed by atoms with Crippen LogP contribution in [0.3, 0.4) is 0 Å². The molecule has 1 amide bonds. The summed E-state index contributed by atoms with van der Waals surface area (Å²) in [5.41, 5.74) is 2.00. The zero-order valence-corrected chi connectivity index (χ0v) is 14.1. The number of rotatable bonds is 5. The number of hydrogen-bond donors (Lipinski definition) is 1. The van der Waals surface area contributed by atoms with E-state index in [1.807, 2.05) is 18.2 Å². The molecule has 4 heterocycles. The number of allylic oxidation sites excluding steroid dienone is 1. The summed E-state index contributed by atoms with van der Waals surface area (Å²) in [7, 11) is 0. The van der Waals surface area contributed by atoms with E-state index >= 15 is 0 Å². The lowest BCUT2D eigenvalue weighted by atomic mass is 10.1. The van der Waals surface area contributed by atoms with E-state index in [2.05, 4.69) is 20.3 Å². The maximum absolute atomic E-state index is 11.2. The molecule has 1 saturated heterocycles. The highest BCUT2D eigenvalue weighted by Gasteiger charge is 2.19. The van der Waals surface area contributed by atoms with Crippen molar-refractivity contribution in [3.05, 3.63) is 48.4 Å². The second-order valence-electron chi connectivity index (χ2n) is 6.08. The van der Waals surface area contributed by atoms with Gasteiger partial charge in [0.2, 0.25) is 11.8 Å². The summed E-state index contributed by atoms with van der Waals surface area (Å²) >= 11 is 0. The van der Waals surface area contributed by atoms with Gasteiger partial charge in [0.15, 0.2) is 0 Å². The minimum atomic E-state index is -0.0439. The minimum Gasteiger partial charge on any atom is -0.472 e. The van der Waals surface area contributed by atoms with Crippen molar-refractivity contribution >= 4 is 17.7 Å². The first-order valence-electron chi connectivity index (χ1n) is 8.49. The van der Waals surface area contributed by atoms with E-state index in [1.54, 1.807) is 30.7 Å². The van der Waals surface area contributed by atoms with E-state index in [0.717, 1.165) is 11.3 Å². The third kappa shape index (κ3) is 3.88. The van der Waals surface area contributed by atoms with Gasteiger partial charge in [0.05, 0.1) is 31.2 Å². The second kappa shape index (κ2) is 7.35. The Morgan fingerprint density at radius 3 is 2.54 bits per heavy atom. The molecule has 0 radical (unpaired) electrons. The van der Waals surface area contributed by atoms with Crippen molar-refractivity contribution in [2.75, 3.05) is 13.1 Å². The van der Waals surface area contributed by atoms with Crippen LogP contribution in [0, 0.1) is 0 Å². The van der Waals surface area contributed by atoms with Crippen molar-refractivity contribution in [1.82, 2.24) is 15.3 Å². The third-order valence-electron chi connectivity index (χ3n) is 4.16. The van der Waals surface area contributed by atoms with E-state index in [4.69, 9.17) is 9.47 Å². The molecule has 2 aromatic heterocycles. The Morgan fingerprint density at radius 1 is 1.08 bits per heavy atom. The predicted octanol–water partition coefficient (Wildman–Crippen LogP) is 2.39. The summed E-state index contributed by atoms with van der Waals surface area (Å²) < 4.78 is 11.5. The van der Waals surface area contributed by atoms with Gasteiger partial charge in [-0.15, -0.1) is 0 Å². The highest BCUT2D eigenvalue weighted by molar-refractivity contribution is 5.88. The van der Waals surface area contributed by atoms with E-state index in [9.17, 15) is 4.79 Å². The zero-order valence-electron chi connectivity index (χ0n) is 14.1. The van der Waals surface area contributed by atoms with Gasteiger partial charge in [-0.1, -0.05) is 0 Å². The average molecular weight is 350 g/mol. The maximum atomic E-state index is 11.2. The number of hydrogen-bond acceptors (Lipinski definition) is 6. The molecule has 1 atom stereocenters. The molecule has 0 bridgehead atoms. The monoisotopic (exact) mass is 350 g/mol. The Balaban J connectivity index is 1.34. The number of carbonyl (C=O) groups excluding carboxylic acids is 1. The first kappa shape index (κ1) is 16.3. The molecule has 7 heteroatoms. The van der Waals surface area contributed by atoms with Crippen LogP contribution in [0.25, 0.3) is 5.57 Å². The van der Waals surface area contributed by atoms with E-state index < -0.39 is 0 Å². The number of carbonyl (C=O) groups is 1. The Bertz CT molecular complexity index is 834. The van der Waals surface area contributed by atoms with Gasteiger partial charge in [-0.25, -0.2) is 4.98 Å². The predicted molar refractivity (Wildman–Crippen MR) is 96.5 cm³/mol. The topological polar surface area (TPSA) is 85.7 Å². The minimum absolute atomic E-state index is 0.0439. The fourth-order valence-electron chi connectivity index (χ4n) is 2.76. The fraction of sp³-hybridized carbons (Fsp3) is 0.263. The number of piperidine rings is 1. The molecule has 0 spiro atoms. The summed E-state index contributed by atoms with van der Waals surface area (Å²) in [4.78, 5) is 24.0. The van der Waals surface area contributed by atoms with Gasteiger partial charge in [-0.05, 0) is 30.7 Å².